The quantitative estimate of drug-likeness (QED) is 0.329. The first-order chi connectivity index (χ1) is 17.2. The van der Waals surface area contributed by atoms with Crippen LogP contribution in [0.5, 0.6) is 5.75 Å². The second-order valence-electron chi connectivity index (χ2n) is 9.93. The van der Waals surface area contributed by atoms with Crippen molar-refractivity contribution in [2.24, 2.45) is 11.1 Å². The second kappa shape index (κ2) is 10.9. The number of pyridine rings is 1. The van der Waals surface area contributed by atoms with Gasteiger partial charge in [-0.05, 0) is 76.3 Å². The van der Waals surface area contributed by atoms with E-state index in [4.69, 9.17) is 14.1 Å². The standard InChI is InChI=1S/C27H31FN4O4/c1-18-13-25(31-35-18)26(33)32-11-9-19(10-12-32)17-34-21-6-8-24(29-16-21)22-7-5-20(14-23(22)28)15-30-36-27(2,3)4/h5-8,13-16,19H,9-12,17H2,1-4H3/b30-15+. The fourth-order valence-electron chi connectivity index (χ4n) is 3.84. The summed E-state index contributed by atoms with van der Waals surface area (Å²) in [5.74, 6) is 1.09. The molecule has 2 aromatic heterocycles. The number of carbonyl (C=O) groups excluding carboxylic acids is 1. The van der Waals surface area contributed by atoms with Crippen molar-refractivity contribution >= 4 is 12.1 Å². The predicted octanol–water partition coefficient (Wildman–Crippen LogP) is 5.26. The molecule has 3 aromatic rings. The molecule has 0 N–H and O–H groups in total. The molecule has 1 aliphatic rings. The summed E-state index contributed by atoms with van der Waals surface area (Å²) in [7, 11) is 0. The number of rotatable bonds is 7. The number of carbonyl (C=O) groups is 1. The Bertz CT molecular complexity index is 1210. The Hall–Kier alpha value is -3.75. The molecule has 9 heteroatoms. The van der Waals surface area contributed by atoms with Gasteiger partial charge in [-0.2, -0.15) is 0 Å². The van der Waals surface area contributed by atoms with Crippen LogP contribution < -0.4 is 4.74 Å². The van der Waals surface area contributed by atoms with Crippen molar-refractivity contribution in [2.45, 2.75) is 46.1 Å². The first kappa shape index (κ1) is 25.3. The number of nitrogens with zero attached hydrogens (tertiary/aromatic N) is 4. The van der Waals surface area contributed by atoms with Crippen molar-refractivity contribution in [2.75, 3.05) is 19.7 Å². The second-order valence-corrected chi connectivity index (χ2v) is 9.93. The third-order valence-electron chi connectivity index (χ3n) is 5.77. The molecule has 0 atom stereocenters. The molecule has 0 saturated carbocycles. The molecule has 1 aliphatic heterocycles. The molecule has 8 nitrogen and oxygen atoms in total. The van der Waals surface area contributed by atoms with E-state index in [-0.39, 0.29) is 5.91 Å². The summed E-state index contributed by atoms with van der Waals surface area (Å²) in [4.78, 5) is 24.0. The van der Waals surface area contributed by atoms with Crippen LogP contribution in [0.15, 0.2) is 52.3 Å². The van der Waals surface area contributed by atoms with E-state index >= 15 is 0 Å². The van der Waals surface area contributed by atoms with Crippen molar-refractivity contribution in [3.05, 3.63) is 65.4 Å². The highest BCUT2D eigenvalue weighted by Crippen LogP contribution is 2.25. The summed E-state index contributed by atoms with van der Waals surface area (Å²) >= 11 is 0. The molecule has 0 unspecified atom stereocenters. The van der Waals surface area contributed by atoms with Crippen LogP contribution in [0.3, 0.4) is 0 Å². The molecule has 190 valence electrons. The topological polar surface area (TPSA) is 90.1 Å². The van der Waals surface area contributed by atoms with Gasteiger partial charge in [0.05, 0.1) is 24.7 Å². The monoisotopic (exact) mass is 494 g/mol. The normalized spacial score (nSPS) is 14.9. The van der Waals surface area contributed by atoms with Gasteiger partial charge < -0.3 is 19.0 Å². The van der Waals surface area contributed by atoms with Crippen LogP contribution in [-0.4, -0.2) is 52.5 Å². The van der Waals surface area contributed by atoms with Crippen LogP contribution in [-0.2, 0) is 4.84 Å². The Morgan fingerprint density at radius 1 is 1.22 bits per heavy atom. The molecule has 0 aliphatic carbocycles. The number of ether oxygens (including phenoxy) is 1. The number of aromatic nitrogens is 2. The lowest BCUT2D eigenvalue weighted by atomic mass is 9.97. The molecule has 0 radical (unpaired) electrons. The third-order valence-corrected chi connectivity index (χ3v) is 5.77. The van der Waals surface area contributed by atoms with Crippen LogP contribution in [0.1, 0.15) is 55.4 Å². The van der Waals surface area contributed by atoms with E-state index in [1.165, 1.54) is 12.3 Å². The zero-order valence-electron chi connectivity index (χ0n) is 21.0. The van der Waals surface area contributed by atoms with Gasteiger partial charge in [0.1, 0.15) is 22.9 Å². The number of likely N-dealkylation sites (tertiary alicyclic amines) is 1. The highest BCUT2D eigenvalue weighted by atomic mass is 19.1. The Kier molecular flexibility index (Phi) is 7.67. The maximum absolute atomic E-state index is 14.7. The molecule has 4 rings (SSSR count). The van der Waals surface area contributed by atoms with Crippen LogP contribution in [0.4, 0.5) is 4.39 Å². The van der Waals surface area contributed by atoms with E-state index in [1.54, 1.807) is 48.4 Å². The SMILES string of the molecule is Cc1cc(C(=O)N2CCC(COc3ccc(-c4ccc(/C=N/OC(C)(C)C)cc4F)nc3)CC2)no1. The molecular formula is C27H31FN4O4. The van der Waals surface area contributed by atoms with Crippen molar-refractivity contribution in [1.82, 2.24) is 15.0 Å². The first-order valence-electron chi connectivity index (χ1n) is 12.0. The van der Waals surface area contributed by atoms with Gasteiger partial charge in [0, 0.05) is 24.7 Å². The van der Waals surface area contributed by atoms with Crippen molar-refractivity contribution < 1.29 is 23.3 Å². The number of piperidine rings is 1. The number of oxime groups is 1. The molecule has 1 fully saturated rings. The Balaban J connectivity index is 1.27. The van der Waals surface area contributed by atoms with E-state index in [9.17, 15) is 9.18 Å². The van der Waals surface area contributed by atoms with Gasteiger partial charge in [-0.1, -0.05) is 16.4 Å². The largest absolute Gasteiger partial charge is 0.492 e. The van der Waals surface area contributed by atoms with Crippen molar-refractivity contribution in [1.29, 1.82) is 0 Å². The minimum Gasteiger partial charge on any atom is -0.492 e. The molecule has 0 bridgehead atoms. The molecule has 1 amide bonds. The lowest BCUT2D eigenvalue weighted by Crippen LogP contribution is -2.39. The van der Waals surface area contributed by atoms with Gasteiger partial charge >= 0.3 is 0 Å². The maximum Gasteiger partial charge on any atom is 0.276 e. The van der Waals surface area contributed by atoms with Gasteiger partial charge in [-0.3, -0.25) is 9.78 Å². The van der Waals surface area contributed by atoms with Crippen LogP contribution in [0.2, 0.25) is 0 Å². The van der Waals surface area contributed by atoms with Gasteiger partial charge in [-0.15, -0.1) is 0 Å². The molecule has 0 spiro atoms. The average molecular weight is 495 g/mol. The lowest BCUT2D eigenvalue weighted by Gasteiger charge is -2.31. The van der Waals surface area contributed by atoms with Gasteiger partial charge in [0.15, 0.2) is 5.69 Å². The smallest absolute Gasteiger partial charge is 0.276 e. The summed E-state index contributed by atoms with van der Waals surface area (Å²) in [6, 6.07) is 10.0. The summed E-state index contributed by atoms with van der Waals surface area (Å²) in [5.41, 5.74) is 1.46. The van der Waals surface area contributed by atoms with E-state index in [0.717, 1.165) is 12.8 Å². The highest BCUT2D eigenvalue weighted by molar-refractivity contribution is 5.92. The molecular weight excluding hydrogens is 463 g/mol. The molecule has 1 aromatic carbocycles. The average Bonchev–Trinajstić information content (AvgIpc) is 3.29. The number of benzene rings is 1. The zero-order valence-corrected chi connectivity index (χ0v) is 21.0. The lowest BCUT2D eigenvalue weighted by molar-refractivity contribution is 0.00199. The Labute approximate surface area is 210 Å². The van der Waals surface area contributed by atoms with Gasteiger partial charge in [0.2, 0.25) is 0 Å². The van der Waals surface area contributed by atoms with Crippen molar-refractivity contribution in [3.8, 4) is 17.0 Å². The highest BCUT2D eigenvalue weighted by Gasteiger charge is 2.25. The number of aryl methyl sites for hydroxylation is 1. The summed E-state index contributed by atoms with van der Waals surface area (Å²) in [6.45, 7) is 9.27. The number of amides is 1. The molecule has 36 heavy (non-hydrogen) atoms. The number of hydrogen-bond acceptors (Lipinski definition) is 7. The number of hydrogen-bond donors (Lipinski definition) is 0. The van der Waals surface area contributed by atoms with Gasteiger partial charge in [0.25, 0.3) is 5.91 Å². The van der Waals surface area contributed by atoms with E-state index in [2.05, 4.69) is 15.3 Å². The predicted molar refractivity (Wildman–Crippen MR) is 133 cm³/mol. The van der Waals surface area contributed by atoms with E-state index in [1.807, 2.05) is 20.8 Å². The fraction of sp³-hybridized carbons (Fsp3) is 0.407. The molecule has 3 heterocycles. The zero-order chi connectivity index (χ0) is 25.7. The minimum absolute atomic E-state index is 0.100. The van der Waals surface area contributed by atoms with E-state index in [0.29, 0.717) is 59.6 Å². The van der Waals surface area contributed by atoms with Crippen LogP contribution in [0.25, 0.3) is 11.3 Å². The summed E-state index contributed by atoms with van der Waals surface area (Å²) in [6.07, 6.45) is 4.77. The Morgan fingerprint density at radius 3 is 2.61 bits per heavy atom. The first-order valence-corrected chi connectivity index (χ1v) is 12.0. The fourth-order valence-corrected chi connectivity index (χ4v) is 3.84. The van der Waals surface area contributed by atoms with Crippen molar-refractivity contribution in [3.63, 3.8) is 0 Å². The summed E-state index contributed by atoms with van der Waals surface area (Å²) < 4.78 is 25.6. The minimum atomic E-state index is -0.406. The van der Waals surface area contributed by atoms with Crippen LogP contribution in [0, 0.1) is 18.7 Å². The number of halogens is 1. The molecule has 1 saturated heterocycles. The summed E-state index contributed by atoms with van der Waals surface area (Å²) in [5, 5.41) is 7.72. The van der Waals surface area contributed by atoms with E-state index < -0.39 is 11.4 Å². The Morgan fingerprint density at radius 2 is 2.00 bits per heavy atom. The third kappa shape index (κ3) is 6.68. The van der Waals surface area contributed by atoms with Gasteiger partial charge in [-0.25, -0.2) is 4.39 Å². The van der Waals surface area contributed by atoms with Crippen LogP contribution >= 0.6 is 0 Å². The maximum atomic E-state index is 14.7.